The number of benzene rings is 2. The summed E-state index contributed by atoms with van der Waals surface area (Å²) in [7, 11) is 0. The Morgan fingerprint density at radius 3 is 2.50 bits per heavy atom. The smallest absolute Gasteiger partial charge is 0.226 e. The highest BCUT2D eigenvalue weighted by atomic mass is 79.9. The standard InChI is InChI=1S/C26H22BrN3O2/c27-20-9-6-17(7-10-20)24-15-28-26(32-24)18-8-11-23-22(14-18)29-25(19-12-13-31-16-19)30(23)21-4-2-1-3-5-21/h6-16,21H,1-5H2. The quantitative estimate of drug-likeness (QED) is 0.258. The van der Waals surface area contributed by atoms with Gasteiger partial charge in [-0.15, -0.1) is 0 Å². The predicted molar refractivity (Wildman–Crippen MR) is 128 cm³/mol. The van der Waals surface area contributed by atoms with Crippen molar-refractivity contribution >= 4 is 27.0 Å². The molecule has 0 unspecified atom stereocenters. The maximum Gasteiger partial charge on any atom is 0.226 e. The molecule has 0 bridgehead atoms. The minimum atomic E-state index is 0.468. The van der Waals surface area contributed by atoms with Gasteiger partial charge in [0.25, 0.3) is 0 Å². The lowest BCUT2D eigenvalue weighted by Crippen LogP contribution is -2.13. The van der Waals surface area contributed by atoms with E-state index in [1.54, 1.807) is 18.7 Å². The normalized spacial score (nSPS) is 14.9. The summed E-state index contributed by atoms with van der Waals surface area (Å²) >= 11 is 3.47. The van der Waals surface area contributed by atoms with Crippen LogP contribution in [0.15, 0.2) is 80.6 Å². The number of halogens is 1. The molecule has 1 aliphatic carbocycles. The Balaban J connectivity index is 1.42. The van der Waals surface area contributed by atoms with Crippen LogP contribution in [0.3, 0.4) is 0 Å². The van der Waals surface area contributed by atoms with E-state index in [0.29, 0.717) is 11.9 Å². The molecule has 0 amide bonds. The summed E-state index contributed by atoms with van der Waals surface area (Å²) in [6.45, 7) is 0. The summed E-state index contributed by atoms with van der Waals surface area (Å²) in [5.74, 6) is 2.32. The van der Waals surface area contributed by atoms with Crippen molar-refractivity contribution in [3.05, 3.63) is 71.7 Å². The Morgan fingerprint density at radius 2 is 1.72 bits per heavy atom. The Kier molecular flexibility index (Phi) is 4.95. The van der Waals surface area contributed by atoms with E-state index in [2.05, 4.69) is 43.7 Å². The second kappa shape index (κ2) is 8.10. The lowest BCUT2D eigenvalue weighted by Gasteiger charge is -2.25. The molecule has 1 fully saturated rings. The molecule has 0 radical (unpaired) electrons. The van der Waals surface area contributed by atoms with Crippen molar-refractivity contribution in [2.24, 2.45) is 0 Å². The van der Waals surface area contributed by atoms with Gasteiger partial charge in [0.2, 0.25) is 5.89 Å². The first-order valence-electron chi connectivity index (χ1n) is 11.0. The maximum atomic E-state index is 6.09. The average Bonchev–Trinajstić information content (AvgIpc) is 3.59. The van der Waals surface area contributed by atoms with Gasteiger partial charge in [-0.3, -0.25) is 0 Å². The van der Waals surface area contributed by atoms with E-state index in [4.69, 9.17) is 13.8 Å². The summed E-state index contributed by atoms with van der Waals surface area (Å²) < 4.78 is 14.9. The number of furan rings is 1. The molecule has 1 saturated carbocycles. The molecule has 5 nitrogen and oxygen atoms in total. The maximum absolute atomic E-state index is 6.09. The number of imidazole rings is 1. The number of oxazole rings is 1. The van der Waals surface area contributed by atoms with E-state index >= 15 is 0 Å². The second-order valence-electron chi connectivity index (χ2n) is 8.35. The minimum Gasteiger partial charge on any atom is -0.472 e. The van der Waals surface area contributed by atoms with Gasteiger partial charge < -0.3 is 13.4 Å². The monoisotopic (exact) mass is 487 g/mol. The summed E-state index contributed by atoms with van der Waals surface area (Å²) in [6, 6.07) is 16.8. The van der Waals surface area contributed by atoms with Crippen LogP contribution in [0.5, 0.6) is 0 Å². The fourth-order valence-corrected chi connectivity index (χ4v) is 4.96. The Hall–Kier alpha value is -3.12. The number of aromatic nitrogens is 3. The molecule has 6 heteroatoms. The topological polar surface area (TPSA) is 57.0 Å². The third kappa shape index (κ3) is 3.48. The molecule has 0 spiro atoms. The van der Waals surface area contributed by atoms with E-state index in [0.717, 1.165) is 43.8 Å². The van der Waals surface area contributed by atoms with Gasteiger partial charge >= 0.3 is 0 Å². The lowest BCUT2D eigenvalue weighted by molar-refractivity contribution is 0.362. The zero-order chi connectivity index (χ0) is 21.5. The first-order valence-corrected chi connectivity index (χ1v) is 11.8. The lowest BCUT2D eigenvalue weighted by atomic mass is 9.95. The molecular weight excluding hydrogens is 466 g/mol. The Labute approximate surface area is 194 Å². The van der Waals surface area contributed by atoms with Crippen LogP contribution in [0.1, 0.15) is 38.1 Å². The van der Waals surface area contributed by atoms with Crippen molar-refractivity contribution in [3.8, 4) is 34.2 Å². The van der Waals surface area contributed by atoms with Gasteiger partial charge in [-0.25, -0.2) is 9.97 Å². The highest BCUT2D eigenvalue weighted by Gasteiger charge is 2.23. The van der Waals surface area contributed by atoms with Gasteiger partial charge in [0.15, 0.2) is 5.76 Å². The molecule has 32 heavy (non-hydrogen) atoms. The SMILES string of the molecule is Brc1ccc(-c2cnc(-c3ccc4c(c3)nc(-c3ccoc3)n4C3CCCCC3)o2)cc1. The Morgan fingerprint density at radius 1 is 0.906 bits per heavy atom. The zero-order valence-corrected chi connectivity index (χ0v) is 19.1. The van der Waals surface area contributed by atoms with E-state index < -0.39 is 0 Å². The molecule has 3 heterocycles. The molecular formula is C26H22BrN3O2. The van der Waals surface area contributed by atoms with Gasteiger partial charge in [0.05, 0.1) is 29.1 Å². The molecule has 0 saturated heterocycles. The van der Waals surface area contributed by atoms with Crippen LogP contribution in [0.2, 0.25) is 0 Å². The van der Waals surface area contributed by atoms with Crippen LogP contribution < -0.4 is 0 Å². The average molecular weight is 488 g/mol. The van der Waals surface area contributed by atoms with E-state index in [1.165, 1.54) is 32.1 Å². The summed E-state index contributed by atoms with van der Waals surface area (Å²) in [5, 5.41) is 0. The summed E-state index contributed by atoms with van der Waals surface area (Å²) in [5.41, 5.74) is 5.04. The highest BCUT2D eigenvalue weighted by molar-refractivity contribution is 9.10. The van der Waals surface area contributed by atoms with E-state index in [9.17, 15) is 0 Å². The van der Waals surface area contributed by atoms with E-state index in [1.807, 2.05) is 30.3 Å². The fraction of sp³-hybridized carbons (Fsp3) is 0.231. The molecule has 0 N–H and O–H groups in total. The molecule has 6 rings (SSSR count). The van der Waals surface area contributed by atoms with Crippen LogP contribution in [0, 0.1) is 0 Å². The van der Waals surface area contributed by atoms with Crippen LogP contribution >= 0.6 is 15.9 Å². The molecule has 3 aromatic heterocycles. The van der Waals surface area contributed by atoms with E-state index in [-0.39, 0.29) is 0 Å². The van der Waals surface area contributed by atoms with Crippen LogP contribution in [0.25, 0.3) is 45.2 Å². The van der Waals surface area contributed by atoms with Crippen LogP contribution in [0.4, 0.5) is 0 Å². The minimum absolute atomic E-state index is 0.468. The summed E-state index contributed by atoms with van der Waals surface area (Å²) in [6.07, 6.45) is 11.5. The number of hydrogen-bond acceptors (Lipinski definition) is 4. The summed E-state index contributed by atoms with van der Waals surface area (Å²) in [4.78, 5) is 9.55. The number of hydrogen-bond donors (Lipinski definition) is 0. The van der Waals surface area contributed by atoms with Crippen molar-refractivity contribution in [2.75, 3.05) is 0 Å². The van der Waals surface area contributed by atoms with Crippen molar-refractivity contribution < 1.29 is 8.83 Å². The number of nitrogens with zero attached hydrogens (tertiary/aromatic N) is 3. The molecule has 0 aliphatic heterocycles. The second-order valence-corrected chi connectivity index (χ2v) is 9.26. The van der Waals surface area contributed by atoms with Crippen LogP contribution in [-0.4, -0.2) is 14.5 Å². The van der Waals surface area contributed by atoms with Gasteiger partial charge in [-0.2, -0.15) is 0 Å². The van der Waals surface area contributed by atoms with Gasteiger partial charge in [0.1, 0.15) is 12.1 Å². The molecule has 1 aliphatic rings. The third-order valence-corrected chi connectivity index (χ3v) is 6.82. The van der Waals surface area contributed by atoms with Gasteiger partial charge in [-0.05, 0) is 49.2 Å². The predicted octanol–water partition coefficient (Wildman–Crippen LogP) is 7.89. The molecule has 2 aromatic carbocycles. The molecule has 0 atom stereocenters. The first-order chi connectivity index (χ1) is 15.8. The van der Waals surface area contributed by atoms with Gasteiger partial charge in [0, 0.05) is 21.6 Å². The van der Waals surface area contributed by atoms with Crippen molar-refractivity contribution in [3.63, 3.8) is 0 Å². The molecule has 5 aromatic rings. The highest BCUT2D eigenvalue weighted by Crippen LogP contribution is 2.37. The number of fused-ring (bicyclic) bond motifs is 1. The zero-order valence-electron chi connectivity index (χ0n) is 17.5. The molecule has 160 valence electrons. The number of rotatable bonds is 4. The van der Waals surface area contributed by atoms with Crippen molar-refractivity contribution in [1.29, 1.82) is 0 Å². The van der Waals surface area contributed by atoms with Crippen molar-refractivity contribution in [1.82, 2.24) is 14.5 Å². The fourth-order valence-electron chi connectivity index (χ4n) is 4.69. The first kappa shape index (κ1) is 19.6. The third-order valence-electron chi connectivity index (χ3n) is 6.29. The largest absolute Gasteiger partial charge is 0.472 e. The van der Waals surface area contributed by atoms with Crippen LogP contribution in [-0.2, 0) is 0 Å². The Bertz CT molecular complexity index is 1360. The van der Waals surface area contributed by atoms with Crippen molar-refractivity contribution in [2.45, 2.75) is 38.1 Å². The van der Waals surface area contributed by atoms with Gasteiger partial charge in [-0.1, -0.05) is 47.3 Å².